The van der Waals surface area contributed by atoms with Gasteiger partial charge in [0.15, 0.2) is 0 Å². The van der Waals surface area contributed by atoms with E-state index in [4.69, 9.17) is 14.7 Å². The molecule has 0 spiro atoms. The van der Waals surface area contributed by atoms with Gasteiger partial charge in [0.1, 0.15) is 17.4 Å². The van der Waals surface area contributed by atoms with Crippen LogP contribution in [0.25, 0.3) is 10.9 Å². The first-order chi connectivity index (χ1) is 13.2. The maximum atomic E-state index is 5.22. The van der Waals surface area contributed by atoms with Crippen molar-refractivity contribution >= 4 is 16.7 Å². The van der Waals surface area contributed by atoms with Crippen LogP contribution in [0.4, 0.5) is 5.82 Å². The molecule has 0 saturated carbocycles. The predicted molar refractivity (Wildman–Crippen MR) is 112 cm³/mol. The summed E-state index contributed by atoms with van der Waals surface area (Å²) < 4.78 is 5.22. The van der Waals surface area contributed by atoms with E-state index in [1.165, 1.54) is 5.56 Å². The molecule has 0 amide bonds. The number of nitrogens with one attached hydrogen (secondary N) is 1. The first-order valence-corrected chi connectivity index (χ1v) is 9.43. The van der Waals surface area contributed by atoms with Crippen molar-refractivity contribution in [2.24, 2.45) is 0 Å². The van der Waals surface area contributed by atoms with Crippen molar-refractivity contribution in [3.8, 4) is 5.75 Å². The Hall–Kier alpha value is -2.66. The van der Waals surface area contributed by atoms with Crippen molar-refractivity contribution in [2.45, 2.75) is 19.3 Å². The first-order valence-electron chi connectivity index (χ1n) is 9.43. The van der Waals surface area contributed by atoms with Gasteiger partial charge in [-0.05, 0) is 63.3 Å². The van der Waals surface area contributed by atoms with Crippen LogP contribution in [0.15, 0.2) is 48.5 Å². The van der Waals surface area contributed by atoms with Gasteiger partial charge in [0.2, 0.25) is 0 Å². The summed E-state index contributed by atoms with van der Waals surface area (Å²) in [5.74, 6) is 2.69. The van der Waals surface area contributed by atoms with E-state index in [0.717, 1.165) is 60.6 Å². The molecule has 142 valence electrons. The highest BCUT2D eigenvalue weighted by atomic mass is 16.5. The molecule has 0 aliphatic heterocycles. The van der Waals surface area contributed by atoms with E-state index in [1.807, 2.05) is 24.3 Å². The highest BCUT2D eigenvalue weighted by Gasteiger charge is 2.08. The Morgan fingerprint density at radius 2 is 1.74 bits per heavy atom. The molecule has 0 bridgehead atoms. The summed E-state index contributed by atoms with van der Waals surface area (Å²) in [6, 6.07) is 16.4. The summed E-state index contributed by atoms with van der Waals surface area (Å²) >= 11 is 0. The molecule has 0 aliphatic carbocycles. The van der Waals surface area contributed by atoms with Crippen molar-refractivity contribution in [1.29, 1.82) is 0 Å². The van der Waals surface area contributed by atoms with Gasteiger partial charge in [-0.15, -0.1) is 0 Å². The predicted octanol–water partition coefficient (Wildman–Crippen LogP) is 3.79. The van der Waals surface area contributed by atoms with Crippen molar-refractivity contribution in [1.82, 2.24) is 14.9 Å². The number of methoxy groups -OCH3 is 1. The summed E-state index contributed by atoms with van der Waals surface area (Å²) in [4.78, 5) is 11.8. The number of hydrogen-bond acceptors (Lipinski definition) is 5. The lowest BCUT2D eigenvalue weighted by Crippen LogP contribution is -2.17. The smallest absolute Gasteiger partial charge is 0.137 e. The van der Waals surface area contributed by atoms with Crippen LogP contribution in [-0.2, 0) is 12.8 Å². The Kier molecular flexibility index (Phi) is 6.60. The number of hydrogen-bond donors (Lipinski definition) is 1. The van der Waals surface area contributed by atoms with E-state index in [-0.39, 0.29) is 0 Å². The minimum Gasteiger partial charge on any atom is -0.497 e. The summed E-state index contributed by atoms with van der Waals surface area (Å²) in [6.45, 7) is 1.96. The molecule has 2 aromatic carbocycles. The fraction of sp³-hybridized carbons (Fsp3) is 0.364. The SMILES string of the molecule is COc1ccc(CCc2nc(NCCCN(C)C)c3ccccc3n2)cc1. The average Bonchev–Trinajstić information content (AvgIpc) is 2.69. The molecular weight excluding hydrogens is 336 g/mol. The number of benzene rings is 2. The van der Waals surface area contributed by atoms with Crippen LogP contribution in [-0.4, -0.2) is 49.2 Å². The second kappa shape index (κ2) is 9.33. The zero-order chi connectivity index (χ0) is 19.1. The number of ether oxygens (including phenoxy) is 1. The van der Waals surface area contributed by atoms with Crippen LogP contribution >= 0.6 is 0 Å². The summed E-state index contributed by atoms with van der Waals surface area (Å²) in [6.07, 6.45) is 2.79. The molecule has 0 aliphatic rings. The van der Waals surface area contributed by atoms with Gasteiger partial charge in [-0.25, -0.2) is 9.97 Å². The molecule has 5 heteroatoms. The fourth-order valence-corrected chi connectivity index (χ4v) is 3.02. The van der Waals surface area contributed by atoms with Crippen molar-refractivity contribution < 1.29 is 4.74 Å². The van der Waals surface area contributed by atoms with Crippen LogP contribution in [0, 0.1) is 0 Å². The lowest BCUT2D eigenvalue weighted by atomic mass is 10.1. The summed E-state index contributed by atoms with van der Waals surface area (Å²) in [5.41, 5.74) is 2.25. The third-order valence-corrected chi connectivity index (χ3v) is 4.52. The standard InChI is InChI=1S/C22H28N4O/c1-26(2)16-6-15-23-22-19-7-4-5-8-20(19)24-21(25-22)14-11-17-9-12-18(27-3)13-10-17/h4-5,7-10,12-13H,6,11,14-16H2,1-3H3,(H,23,24,25). The van der Waals surface area contributed by atoms with Crippen LogP contribution < -0.4 is 10.1 Å². The van der Waals surface area contributed by atoms with Crippen LogP contribution in [0.2, 0.25) is 0 Å². The first kappa shape index (κ1) is 19.1. The Labute approximate surface area is 161 Å². The highest BCUT2D eigenvalue weighted by Crippen LogP contribution is 2.21. The maximum absolute atomic E-state index is 5.22. The van der Waals surface area contributed by atoms with Gasteiger partial charge >= 0.3 is 0 Å². The zero-order valence-corrected chi connectivity index (χ0v) is 16.4. The molecule has 0 fully saturated rings. The van der Waals surface area contributed by atoms with E-state index in [2.05, 4.69) is 48.6 Å². The largest absolute Gasteiger partial charge is 0.497 e. The normalized spacial score (nSPS) is 11.1. The minimum atomic E-state index is 0.809. The molecule has 1 aromatic heterocycles. The van der Waals surface area contributed by atoms with E-state index in [9.17, 15) is 0 Å². The maximum Gasteiger partial charge on any atom is 0.137 e. The van der Waals surface area contributed by atoms with Gasteiger partial charge in [-0.3, -0.25) is 0 Å². The second-order valence-corrected chi connectivity index (χ2v) is 6.94. The van der Waals surface area contributed by atoms with Crippen LogP contribution in [0.1, 0.15) is 17.8 Å². The Bertz CT molecular complexity index is 862. The number of anilines is 1. The monoisotopic (exact) mass is 364 g/mol. The second-order valence-electron chi connectivity index (χ2n) is 6.94. The molecule has 3 rings (SSSR count). The molecule has 0 saturated heterocycles. The zero-order valence-electron chi connectivity index (χ0n) is 16.4. The van der Waals surface area contributed by atoms with E-state index in [1.54, 1.807) is 7.11 Å². The van der Waals surface area contributed by atoms with Crippen LogP contribution in [0.3, 0.4) is 0 Å². The van der Waals surface area contributed by atoms with Gasteiger partial charge in [0.05, 0.1) is 12.6 Å². The van der Waals surface area contributed by atoms with Crippen molar-refractivity contribution in [3.05, 3.63) is 59.9 Å². The fourth-order valence-electron chi connectivity index (χ4n) is 3.02. The third kappa shape index (κ3) is 5.41. The van der Waals surface area contributed by atoms with Gasteiger partial charge in [0, 0.05) is 18.4 Å². The Morgan fingerprint density at radius 3 is 2.48 bits per heavy atom. The molecule has 1 N–H and O–H groups in total. The molecule has 0 unspecified atom stereocenters. The minimum absolute atomic E-state index is 0.809. The number of aromatic nitrogens is 2. The van der Waals surface area contributed by atoms with Crippen molar-refractivity contribution in [3.63, 3.8) is 0 Å². The van der Waals surface area contributed by atoms with E-state index < -0.39 is 0 Å². The number of rotatable bonds is 9. The number of fused-ring (bicyclic) bond motifs is 1. The summed E-state index contributed by atoms with van der Waals surface area (Å²) in [7, 11) is 5.87. The number of para-hydroxylation sites is 1. The Morgan fingerprint density at radius 1 is 0.963 bits per heavy atom. The summed E-state index contributed by atoms with van der Waals surface area (Å²) in [5, 5.41) is 4.58. The van der Waals surface area contributed by atoms with E-state index >= 15 is 0 Å². The molecule has 27 heavy (non-hydrogen) atoms. The quantitative estimate of drug-likeness (QED) is 0.586. The Balaban J connectivity index is 1.72. The number of aryl methyl sites for hydroxylation is 2. The molecule has 1 heterocycles. The van der Waals surface area contributed by atoms with Gasteiger partial charge < -0.3 is 15.0 Å². The third-order valence-electron chi connectivity index (χ3n) is 4.52. The topological polar surface area (TPSA) is 50.3 Å². The molecule has 0 radical (unpaired) electrons. The lowest BCUT2D eigenvalue weighted by molar-refractivity contribution is 0.405. The van der Waals surface area contributed by atoms with E-state index in [0.29, 0.717) is 0 Å². The van der Waals surface area contributed by atoms with Gasteiger partial charge in [-0.1, -0.05) is 24.3 Å². The molecular formula is C22H28N4O. The highest BCUT2D eigenvalue weighted by molar-refractivity contribution is 5.88. The molecule has 0 atom stereocenters. The molecule has 3 aromatic rings. The van der Waals surface area contributed by atoms with Crippen molar-refractivity contribution in [2.75, 3.05) is 39.6 Å². The van der Waals surface area contributed by atoms with Crippen LogP contribution in [0.5, 0.6) is 5.75 Å². The van der Waals surface area contributed by atoms with Gasteiger partial charge in [-0.2, -0.15) is 0 Å². The average molecular weight is 364 g/mol. The molecule has 5 nitrogen and oxygen atoms in total. The lowest BCUT2D eigenvalue weighted by Gasteiger charge is -2.13. The van der Waals surface area contributed by atoms with Gasteiger partial charge in [0.25, 0.3) is 0 Å². The number of nitrogens with zero attached hydrogens (tertiary/aromatic N) is 3.